The van der Waals surface area contributed by atoms with Gasteiger partial charge in [0.1, 0.15) is 57.4 Å². The summed E-state index contributed by atoms with van der Waals surface area (Å²) in [6, 6.07) is 76.8. The highest BCUT2D eigenvalue weighted by atomic mass is 79.9. The van der Waals surface area contributed by atoms with E-state index in [4.69, 9.17) is 53.8 Å². The zero-order chi connectivity index (χ0) is 104. The van der Waals surface area contributed by atoms with Gasteiger partial charge in [-0.3, -0.25) is 19.2 Å². The number of amides is 6. The van der Waals surface area contributed by atoms with E-state index in [2.05, 4.69) is 111 Å². The number of aromatic carboxylic acids is 5. The summed E-state index contributed by atoms with van der Waals surface area (Å²) < 4.78 is 24.8. The molecule has 0 fully saturated rings. The first kappa shape index (κ1) is 105. The lowest BCUT2D eigenvalue weighted by Gasteiger charge is -2.28. The van der Waals surface area contributed by atoms with Crippen molar-refractivity contribution in [2.75, 3.05) is 54.0 Å². The van der Waals surface area contributed by atoms with E-state index in [9.17, 15) is 73.5 Å². The van der Waals surface area contributed by atoms with Crippen LogP contribution in [-0.4, -0.2) is 123 Å². The number of fused-ring (bicyclic) bond motifs is 7. The second-order valence-electron chi connectivity index (χ2n) is 34.4. The maximum atomic E-state index is 13.0. The van der Waals surface area contributed by atoms with Gasteiger partial charge in [-0.15, -0.1) is 56.7 Å². The summed E-state index contributed by atoms with van der Waals surface area (Å²) in [4.78, 5) is 129. The number of methoxy groups -OCH3 is 2. The first-order valence-electron chi connectivity index (χ1n) is 45.9. The molecule has 0 bridgehead atoms. The number of hydrogen-bond donors (Lipinski definition) is 10. The van der Waals surface area contributed by atoms with Gasteiger partial charge in [0.15, 0.2) is 6.10 Å². The second kappa shape index (κ2) is 47.4. The molecule has 0 saturated carbocycles. The lowest BCUT2D eigenvalue weighted by atomic mass is 9.83. The van der Waals surface area contributed by atoms with E-state index in [0.717, 1.165) is 111 Å². The zero-order valence-electron chi connectivity index (χ0n) is 78.1. The molecule has 3 aliphatic heterocycles. The highest BCUT2D eigenvalue weighted by Gasteiger charge is 2.37. The Hall–Kier alpha value is -14.1. The van der Waals surface area contributed by atoms with Crippen LogP contribution in [-0.2, 0) is 57.8 Å². The molecule has 750 valence electrons. The standard InChI is InChI=1S/C26H18ClNO3S.C23H20BrNO4S.C22H18BrNO5S.C21H17BrN2O3S.C20H13Cl2NO4S/c27-16-11-9-15(10-12-16)25-24(26(30)31)22(14-32-25)28-23(29)13-21-19-7-3-1-5-17(19)18-6-2-4-8-20(18)21;1-29-19-4-2-3-13-5-6-15(11-17(13)19)22(26)25-18-12-30-21(20(18)23(27)28)14-7-9-16(24)10-8-14;1-28-16-6-7-18-13(9-16)8-14(10-29-18)21(25)24-17-11-30-20(19(17)22(26)27)12-2-4-15(23)5-3-12;22-16-7-5-14(6-8-16)19-18(20(25)26)17(12-28-19)23-21(27)24-10-9-13-3-1-2-4-15(13)11-24;21-12-3-1-10(2-4-12)18-17(20(25)26)14(9-28-18)23-19(24)16-8-11-7-13(22)5-6-15(11)27-16/h1-12,14,21H,13H2,(H,28,29)(H,30,31);2-4,7-10,12,15H,5-6,11H2,1H3,(H,25,26)(H,27,28);2-7,9,11,14H,8,10H2,1H3,(H,24,25)(H,26,27);1-8,12H,9-11H2,(H,23,27)(H,25,26);1-7,9,16H,8H2,(H,23,24)(H,25,26). The van der Waals surface area contributed by atoms with Gasteiger partial charge < -0.3 is 76.0 Å². The molecule has 0 radical (unpaired) electrons. The number of rotatable bonds is 22. The van der Waals surface area contributed by atoms with Crippen molar-refractivity contribution in [3.8, 4) is 86.3 Å². The van der Waals surface area contributed by atoms with Crippen molar-refractivity contribution < 1.29 is 92.4 Å². The molecule has 0 spiro atoms. The van der Waals surface area contributed by atoms with Crippen LogP contribution < -0.4 is 45.5 Å². The van der Waals surface area contributed by atoms with Crippen LogP contribution in [0.1, 0.15) is 115 Å². The van der Waals surface area contributed by atoms with E-state index in [1.807, 2.05) is 146 Å². The van der Waals surface area contributed by atoms with Gasteiger partial charge in [0.25, 0.3) is 5.91 Å². The fourth-order valence-corrected chi connectivity index (χ4v) is 24.2. The third-order valence-corrected chi connectivity index (χ3v) is 32.7. The number of ether oxygens (including phenoxy) is 4. The summed E-state index contributed by atoms with van der Waals surface area (Å²) in [6.07, 6.45) is 3.25. The second-order valence-corrected chi connectivity index (χ2v) is 42.9. The number of halogens is 6. The fourth-order valence-electron chi connectivity index (χ4n) is 18.0. The van der Waals surface area contributed by atoms with E-state index in [1.54, 1.807) is 113 Å². The summed E-state index contributed by atoms with van der Waals surface area (Å²) in [5, 5.41) is 72.9. The Morgan fingerprint density at radius 2 is 0.797 bits per heavy atom. The number of urea groups is 1. The van der Waals surface area contributed by atoms with Gasteiger partial charge in [0.05, 0.1) is 73.0 Å². The maximum absolute atomic E-state index is 13.0. The Bertz CT molecular complexity index is 7730. The van der Waals surface area contributed by atoms with Gasteiger partial charge in [-0.05, 0) is 219 Å². The Balaban J connectivity index is 0.000000126. The Morgan fingerprint density at radius 1 is 0.392 bits per heavy atom. The zero-order valence-corrected chi connectivity index (χ0v) is 89.3. The number of nitrogens with zero attached hydrogens (tertiary/aromatic N) is 1. The lowest BCUT2D eigenvalue weighted by Crippen LogP contribution is -2.39. The van der Waals surface area contributed by atoms with Crippen LogP contribution in [0.5, 0.6) is 23.0 Å². The van der Waals surface area contributed by atoms with Crippen LogP contribution in [0.3, 0.4) is 0 Å². The molecule has 10 N–H and O–H groups in total. The van der Waals surface area contributed by atoms with Crippen LogP contribution in [0, 0.1) is 11.8 Å². The number of nitrogens with one attached hydrogen (secondary N) is 5. The number of carbonyl (C=O) groups is 10. The molecule has 8 heterocycles. The summed E-state index contributed by atoms with van der Waals surface area (Å²) in [7, 11) is 3.22. The molecule has 16 aromatic rings. The smallest absolute Gasteiger partial charge is 0.339 e. The predicted molar refractivity (Wildman–Crippen MR) is 593 cm³/mol. The summed E-state index contributed by atoms with van der Waals surface area (Å²) in [5.41, 5.74) is 16.8. The minimum absolute atomic E-state index is 0.0410. The number of carboxylic acid groups (broad SMARTS) is 5. The summed E-state index contributed by atoms with van der Waals surface area (Å²) in [6.45, 7) is 1.36. The maximum Gasteiger partial charge on any atom is 0.339 e. The molecule has 21 rings (SSSR count). The topological polar surface area (TPSA) is 372 Å². The Morgan fingerprint density at radius 3 is 1.26 bits per heavy atom. The molecule has 25 nitrogen and oxygen atoms in total. The van der Waals surface area contributed by atoms with Crippen LogP contribution in [0.4, 0.5) is 33.2 Å². The first-order chi connectivity index (χ1) is 71.4. The average Bonchev–Trinajstić information content (AvgIpc) is 1.61. The van der Waals surface area contributed by atoms with E-state index < -0.39 is 47.8 Å². The molecule has 36 heteroatoms. The largest absolute Gasteiger partial charge is 0.497 e. The van der Waals surface area contributed by atoms with Crippen molar-refractivity contribution in [1.29, 1.82) is 0 Å². The van der Waals surface area contributed by atoms with Crippen LogP contribution in [0.15, 0.2) is 289 Å². The molecule has 148 heavy (non-hydrogen) atoms. The monoisotopic (exact) mass is 2320 g/mol. The highest BCUT2D eigenvalue weighted by molar-refractivity contribution is 9.11. The normalized spacial score (nSPS) is 14.1. The van der Waals surface area contributed by atoms with Gasteiger partial charge in [-0.1, -0.05) is 228 Å². The molecule has 5 aliphatic rings. The van der Waals surface area contributed by atoms with E-state index in [1.165, 1.54) is 67.8 Å². The Labute approximate surface area is 908 Å². The average molecular weight is 2330 g/mol. The third-order valence-electron chi connectivity index (χ3n) is 25.2. The van der Waals surface area contributed by atoms with E-state index in [0.29, 0.717) is 112 Å². The van der Waals surface area contributed by atoms with Gasteiger partial charge >= 0.3 is 35.9 Å². The van der Waals surface area contributed by atoms with Crippen LogP contribution >= 0.6 is 139 Å². The molecule has 0 saturated heterocycles. The summed E-state index contributed by atoms with van der Waals surface area (Å²) in [5.74, 6) is -4.34. The predicted octanol–water partition coefficient (Wildman–Crippen LogP) is 28.4. The third kappa shape index (κ3) is 24.3. The number of hydrogen-bond acceptors (Lipinski definition) is 19. The summed E-state index contributed by atoms with van der Waals surface area (Å²) >= 11 is 34.4. The number of carbonyl (C=O) groups excluding carboxylic acids is 5. The molecule has 6 amide bonds. The minimum atomic E-state index is -1.12. The number of benzene rings is 11. The van der Waals surface area contributed by atoms with E-state index >= 15 is 0 Å². The first-order valence-corrected chi connectivity index (χ1v) is 53.8. The van der Waals surface area contributed by atoms with Gasteiger partial charge in [-0.25, -0.2) is 28.8 Å². The molecular formula is C112H86Br3Cl3N6O19S5. The number of carboxylic acids is 5. The van der Waals surface area contributed by atoms with E-state index in [-0.39, 0.29) is 82.1 Å². The van der Waals surface area contributed by atoms with Gasteiger partial charge in [-0.2, -0.15) is 0 Å². The van der Waals surface area contributed by atoms with Crippen LogP contribution in [0.25, 0.3) is 63.3 Å². The SMILES string of the molecule is COc1ccc2c(c1)CC(C(=O)Nc1csc(-c3ccc(Br)cc3)c1C(=O)O)CO2.COc1cccc2c1CC(C(=O)Nc1csc(-c3ccc(Br)cc3)c1C(=O)O)CC2.O=C(CC1c2ccccc2-c2ccccc21)Nc1csc(-c2ccc(Cl)cc2)c1C(=O)O.O=C(O)c1c(NC(=O)C2Cc3cc(Cl)ccc3O2)csc1-c1ccc(Cl)cc1.O=C(O)c1c(NC(=O)N2CCc3ccccc3C2)csc1-c1ccc(Br)cc1. The van der Waals surface area contributed by atoms with Crippen molar-refractivity contribution in [1.82, 2.24) is 4.90 Å². The molecule has 11 aromatic carbocycles. The molecule has 5 aromatic heterocycles. The van der Waals surface area contributed by atoms with Crippen molar-refractivity contribution in [3.63, 3.8) is 0 Å². The van der Waals surface area contributed by atoms with Crippen molar-refractivity contribution in [3.05, 3.63) is 376 Å². The van der Waals surface area contributed by atoms with Crippen molar-refractivity contribution >= 4 is 227 Å². The fraction of sp³-hybridized carbons (Fsp3) is 0.143. The van der Waals surface area contributed by atoms with Crippen molar-refractivity contribution in [2.45, 2.75) is 63.5 Å². The van der Waals surface area contributed by atoms with Crippen LogP contribution in [0.2, 0.25) is 15.1 Å². The number of thiophene rings is 5. The minimum Gasteiger partial charge on any atom is -0.497 e. The number of aryl methyl sites for hydroxylation is 1. The highest BCUT2D eigenvalue weighted by Crippen LogP contribution is 2.49. The van der Waals surface area contributed by atoms with Gasteiger partial charge in [0, 0.05) is 93.2 Å². The molecule has 2 aliphatic carbocycles. The Kier molecular flexibility index (Phi) is 33.7. The van der Waals surface area contributed by atoms with Gasteiger partial charge in [0.2, 0.25) is 17.7 Å². The molecular weight excluding hydrogens is 2240 g/mol. The van der Waals surface area contributed by atoms with Crippen molar-refractivity contribution in [2.24, 2.45) is 11.8 Å². The molecule has 3 atom stereocenters. The quantitative estimate of drug-likeness (QED) is 0.0301. The molecule has 3 unspecified atom stereocenters. The number of anilines is 5. The lowest BCUT2D eigenvalue weighted by molar-refractivity contribution is -0.122.